The molecule has 0 saturated carbocycles. The van der Waals surface area contributed by atoms with Crippen molar-refractivity contribution >= 4 is 16.6 Å². The average molecular weight is 160 g/mol. The summed E-state index contributed by atoms with van der Waals surface area (Å²) in [5.74, 6) is 0. The molecule has 1 heterocycles. The van der Waals surface area contributed by atoms with Crippen molar-refractivity contribution in [3.63, 3.8) is 0 Å². The number of hydrogen-bond acceptors (Lipinski definition) is 2. The van der Waals surface area contributed by atoms with Crippen molar-refractivity contribution in [2.45, 2.75) is 0 Å². The first-order valence-electron chi connectivity index (χ1n) is 3.70. The van der Waals surface area contributed by atoms with Crippen LogP contribution in [0.5, 0.6) is 0 Å². The van der Waals surface area contributed by atoms with E-state index in [1.165, 1.54) is 0 Å². The third-order valence-corrected chi connectivity index (χ3v) is 1.98. The zero-order valence-corrected chi connectivity index (χ0v) is 6.69. The first-order chi connectivity index (χ1) is 5.81. The predicted octanol–water partition coefficient (Wildman–Crippen LogP) is 2.58. The van der Waals surface area contributed by atoms with E-state index in [0.717, 1.165) is 10.9 Å². The lowest BCUT2D eigenvalue weighted by atomic mass is 10.2. The first kappa shape index (κ1) is 7.03. The third-order valence-electron chi connectivity index (χ3n) is 1.98. The maximum Gasteiger partial charge on any atom is 0.110 e. The van der Waals surface area contributed by atoms with Crippen molar-refractivity contribution in [2.24, 2.45) is 12.2 Å². The Labute approximate surface area is 69.6 Å². The van der Waals surface area contributed by atoms with Crippen molar-refractivity contribution in [1.29, 1.82) is 0 Å². The number of fused-ring (bicyclic) bond motifs is 1. The molecule has 0 fully saturated rings. The highest BCUT2D eigenvalue weighted by Gasteiger charge is 1.98. The van der Waals surface area contributed by atoms with Crippen molar-refractivity contribution < 1.29 is 0 Å². The molecule has 0 radical (unpaired) electrons. The number of hydrogen-bond donors (Lipinski definition) is 0. The maximum atomic E-state index is 10.2. The van der Waals surface area contributed by atoms with Gasteiger partial charge in [0.05, 0.1) is 5.52 Å². The van der Waals surface area contributed by atoms with E-state index in [4.69, 9.17) is 0 Å². The normalized spacial score (nSPS) is 10.4. The number of nitroso groups, excluding NO2 is 1. The summed E-state index contributed by atoms with van der Waals surface area (Å²) < 4.78 is 1.96. The Morgan fingerprint density at radius 2 is 2.17 bits per heavy atom. The summed E-state index contributed by atoms with van der Waals surface area (Å²) in [4.78, 5) is 10.2. The van der Waals surface area contributed by atoms with Gasteiger partial charge in [-0.05, 0) is 28.8 Å². The van der Waals surface area contributed by atoms with E-state index < -0.39 is 0 Å². The molecule has 0 amide bonds. The van der Waals surface area contributed by atoms with E-state index >= 15 is 0 Å². The minimum atomic E-state index is 0.476. The quantitative estimate of drug-likeness (QED) is 0.590. The fourth-order valence-corrected chi connectivity index (χ4v) is 1.31. The van der Waals surface area contributed by atoms with E-state index in [1.54, 1.807) is 12.1 Å². The summed E-state index contributed by atoms with van der Waals surface area (Å²) >= 11 is 0. The Morgan fingerprint density at radius 1 is 1.33 bits per heavy atom. The van der Waals surface area contributed by atoms with Gasteiger partial charge in [0, 0.05) is 13.2 Å². The standard InChI is InChI=1S/C9H8N2O/c1-11-5-4-7-2-3-8(10-12)6-9(7)11/h2-6H,1H3. The fourth-order valence-electron chi connectivity index (χ4n) is 1.31. The number of aromatic nitrogens is 1. The lowest BCUT2D eigenvalue weighted by Crippen LogP contribution is -1.82. The molecule has 2 rings (SSSR count). The molecule has 1 aromatic heterocycles. The van der Waals surface area contributed by atoms with Crippen LogP contribution >= 0.6 is 0 Å². The molecule has 60 valence electrons. The molecular formula is C9H8N2O. The van der Waals surface area contributed by atoms with Crippen LogP contribution < -0.4 is 0 Å². The lowest BCUT2D eigenvalue weighted by molar-refractivity contribution is 0.969. The molecule has 1 aromatic carbocycles. The molecule has 12 heavy (non-hydrogen) atoms. The first-order valence-corrected chi connectivity index (χ1v) is 3.70. The highest BCUT2D eigenvalue weighted by molar-refractivity contribution is 5.82. The molecule has 0 aliphatic rings. The van der Waals surface area contributed by atoms with Gasteiger partial charge in [-0.2, -0.15) is 0 Å². The topological polar surface area (TPSA) is 34.4 Å². The molecule has 0 unspecified atom stereocenters. The smallest absolute Gasteiger partial charge is 0.110 e. The van der Waals surface area contributed by atoms with Crippen LogP contribution in [0.4, 0.5) is 5.69 Å². The zero-order chi connectivity index (χ0) is 8.55. The summed E-state index contributed by atoms with van der Waals surface area (Å²) in [5, 5.41) is 4.01. The molecule has 0 spiro atoms. The van der Waals surface area contributed by atoms with Crippen LogP contribution in [0.15, 0.2) is 35.6 Å². The van der Waals surface area contributed by atoms with Crippen molar-refractivity contribution in [3.05, 3.63) is 35.4 Å². The van der Waals surface area contributed by atoms with Gasteiger partial charge in [-0.1, -0.05) is 6.07 Å². The minimum absolute atomic E-state index is 0.476. The average Bonchev–Trinajstić information content (AvgIpc) is 2.47. The van der Waals surface area contributed by atoms with Crippen LogP contribution in [0.2, 0.25) is 0 Å². The van der Waals surface area contributed by atoms with Gasteiger partial charge >= 0.3 is 0 Å². The summed E-state index contributed by atoms with van der Waals surface area (Å²) in [6.45, 7) is 0. The highest BCUT2D eigenvalue weighted by atomic mass is 16.3. The summed E-state index contributed by atoms with van der Waals surface area (Å²) in [5.41, 5.74) is 1.51. The Kier molecular flexibility index (Phi) is 1.43. The SMILES string of the molecule is Cn1ccc2ccc(N=O)cc21. The van der Waals surface area contributed by atoms with E-state index in [9.17, 15) is 4.91 Å². The van der Waals surface area contributed by atoms with Gasteiger partial charge in [0.2, 0.25) is 0 Å². The lowest BCUT2D eigenvalue weighted by Gasteiger charge is -1.95. The van der Waals surface area contributed by atoms with Gasteiger partial charge in [0.25, 0.3) is 0 Å². The van der Waals surface area contributed by atoms with Gasteiger partial charge in [-0.15, -0.1) is 4.91 Å². The van der Waals surface area contributed by atoms with E-state index in [-0.39, 0.29) is 0 Å². The van der Waals surface area contributed by atoms with Crippen LogP contribution in [0.25, 0.3) is 10.9 Å². The second-order valence-electron chi connectivity index (χ2n) is 2.76. The molecule has 0 aliphatic carbocycles. The second kappa shape index (κ2) is 2.44. The molecule has 0 atom stereocenters. The van der Waals surface area contributed by atoms with Gasteiger partial charge in [-0.3, -0.25) is 0 Å². The number of aryl methyl sites for hydroxylation is 1. The van der Waals surface area contributed by atoms with Gasteiger partial charge in [0.15, 0.2) is 0 Å². The number of nitrogens with zero attached hydrogens (tertiary/aromatic N) is 2. The van der Waals surface area contributed by atoms with Crippen molar-refractivity contribution in [1.82, 2.24) is 4.57 Å². The molecule has 0 N–H and O–H groups in total. The van der Waals surface area contributed by atoms with Gasteiger partial charge in [0.1, 0.15) is 5.69 Å². The monoisotopic (exact) mass is 160 g/mol. The second-order valence-corrected chi connectivity index (χ2v) is 2.76. The number of benzene rings is 1. The molecule has 2 aromatic rings. The molecule has 0 aliphatic heterocycles. The zero-order valence-electron chi connectivity index (χ0n) is 6.69. The van der Waals surface area contributed by atoms with Crippen LogP contribution in [-0.2, 0) is 7.05 Å². The Morgan fingerprint density at radius 3 is 2.92 bits per heavy atom. The highest BCUT2D eigenvalue weighted by Crippen LogP contribution is 2.20. The van der Waals surface area contributed by atoms with Crippen LogP contribution in [0, 0.1) is 4.91 Å². The third kappa shape index (κ3) is 0.906. The summed E-state index contributed by atoms with van der Waals surface area (Å²) in [7, 11) is 1.94. The Bertz CT molecular complexity index is 431. The molecular weight excluding hydrogens is 152 g/mol. The Balaban J connectivity index is 2.79. The van der Waals surface area contributed by atoms with Crippen molar-refractivity contribution in [3.8, 4) is 0 Å². The summed E-state index contributed by atoms with van der Waals surface area (Å²) in [6, 6.07) is 7.40. The summed E-state index contributed by atoms with van der Waals surface area (Å²) in [6.07, 6.45) is 1.96. The molecule has 3 nitrogen and oxygen atoms in total. The van der Waals surface area contributed by atoms with Crippen LogP contribution in [0.1, 0.15) is 0 Å². The minimum Gasteiger partial charge on any atom is -0.350 e. The number of rotatable bonds is 1. The predicted molar refractivity (Wildman–Crippen MR) is 48.4 cm³/mol. The Hall–Kier alpha value is -1.64. The fraction of sp³-hybridized carbons (Fsp3) is 0.111. The van der Waals surface area contributed by atoms with Crippen molar-refractivity contribution in [2.75, 3.05) is 0 Å². The molecule has 3 heteroatoms. The van der Waals surface area contributed by atoms with E-state index in [1.807, 2.05) is 29.9 Å². The van der Waals surface area contributed by atoms with Crippen LogP contribution in [0.3, 0.4) is 0 Å². The van der Waals surface area contributed by atoms with Crippen LogP contribution in [-0.4, -0.2) is 4.57 Å². The van der Waals surface area contributed by atoms with Gasteiger partial charge < -0.3 is 4.57 Å². The maximum absolute atomic E-state index is 10.2. The molecule has 0 saturated heterocycles. The van der Waals surface area contributed by atoms with E-state index in [2.05, 4.69) is 5.18 Å². The molecule has 0 bridgehead atoms. The largest absolute Gasteiger partial charge is 0.350 e. The van der Waals surface area contributed by atoms with E-state index in [0.29, 0.717) is 5.69 Å². The van der Waals surface area contributed by atoms with Gasteiger partial charge in [-0.25, -0.2) is 0 Å².